The fourth-order valence-electron chi connectivity index (χ4n) is 5.27. The molecular weight excluding hydrogens is 697 g/mol. The number of hydrogen-bond acceptors (Lipinski definition) is 6. The Labute approximate surface area is 288 Å². The maximum absolute atomic E-state index is 15.7. The van der Waals surface area contributed by atoms with Crippen LogP contribution in [0.5, 0.6) is 0 Å². The fraction of sp³-hybridized carbons (Fsp3) is 0.200. The molecule has 5 rings (SSSR count). The van der Waals surface area contributed by atoms with Gasteiger partial charge in [-0.2, -0.15) is 17.9 Å². The molecule has 1 aromatic heterocycles. The molecule has 266 valence electrons. The summed E-state index contributed by atoms with van der Waals surface area (Å²) < 4.78 is 102. The van der Waals surface area contributed by atoms with E-state index in [0.29, 0.717) is 11.1 Å². The van der Waals surface area contributed by atoms with Crippen molar-refractivity contribution in [2.45, 2.75) is 50.7 Å². The second-order valence-electron chi connectivity index (χ2n) is 11.3. The molecule has 51 heavy (non-hydrogen) atoms. The van der Waals surface area contributed by atoms with E-state index in [2.05, 4.69) is 10.4 Å². The highest BCUT2D eigenvalue weighted by atomic mass is 32.2. The Morgan fingerprint density at radius 3 is 2.25 bits per heavy atom. The van der Waals surface area contributed by atoms with Gasteiger partial charge in [-0.05, 0) is 54.4 Å². The van der Waals surface area contributed by atoms with Gasteiger partial charge in [0.2, 0.25) is 5.91 Å². The molecule has 0 fully saturated rings. The van der Waals surface area contributed by atoms with E-state index >= 15 is 4.39 Å². The minimum absolute atomic E-state index is 0.00293. The number of nitrogens with one attached hydrogen (secondary N) is 2. The van der Waals surface area contributed by atoms with E-state index < -0.39 is 73.6 Å². The number of aromatic nitrogens is 3. The van der Waals surface area contributed by atoms with Crippen LogP contribution < -0.4 is 15.7 Å². The molecule has 16 heteroatoms. The van der Waals surface area contributed by atoms with Gasteiger partial charge in [0, 0.05) is 29.7 Å². The maximum atomic E-state index is 15.7. The zero-order chi connectivity index (χ0) is 37.1. The predicted octanol–water partition coefficient (Wildman–Crippen LogP) is 6.47. The monoisotopic (exact) mass is 727 g/mol. The molecular formula is C35H30F5N5O5S. The number of aryl methyl sites for hydroxylation is 1. The van der Waals surface area contributed by atoms with Crippen molar-refractivity contribution in [2.75, 3.05) is 5.32 Å². The first-order chi connectivity index (χ1) is 24.1. The Morgan fingerprint density at radius 2 is 1.59 bits per heavy atom. The van der Waals surface area contributed by atoms with Gasteiger partial charge in [0.05, 0.1) is 28.3 Å². The van der Waals surface area contributed by atoms with Gasteiger partial charge >= 0.3 is 11.9 Å². The molecule has 2 N–H and O–H groups in total. The summed E-state index contributed by atoms with van der Waals surface area (Å²) in [5.41, 5.74) is -3.27. The molecule has 0 saturated heterocycles. The first kappa shape index (κ1) is 36.6. The second-order valence-corrected chi connectivity index (χ2v) is 12.9. The van der Waals surface area contributed by atoms with E-state index in [9.17, 15) is 40.4 Å². The molecule has 5 aromatic rings. The number of alkyl halides is 3. The molecule has 0 atom stereocenters. The van der Waals surface area contributed by atoms with E-state index in [-0.39, 0.29) is 41.0 Å². The highest BCUT2D eigenvalue weighted by Crippen LogP contribution is 2.35. The number of anilines is 1. The Morgan fingerprint density at radius 1 is 0.882 bits per heavy atom. The molecule has 10 nitrogen and oxygen atoms in total. The van der Waals surface area contributed by atoms with Gasteiger partial charge in [0.1, 0.15) is 17.5 Å². The quantitative estimate of drug-likeness (QED) is 0.150. The average Bonchev–Trinajstić information content (AvgIpc) is 3.39. The van der Waals surface area contributed by atoms with E-state index in [0.717, 1.165) is 41.0 Å². The number of benzene rings is 4. The summed E-state index contributed by atoms with van der Waals surface area (Å²) in [5, 5.41) is 6.64. The summed E-state index contributed by atoms with van der Waals surface area (Å²) in [5.74, 6) is -3.41. The van der Waals surface area contributed by atoms with E-state index in [1.807, 2.05) is 4.72 Å². The largest absolute Gasteiger partial charge is 0.418 e. The first-order valence-electron chi connectivity index (χ1n) is 15.5. The number of amides is 2. The molecule has 2 amide bonds. The van der Waals surface area contributed by atoms with Gasteiger partial charge in [-0.25, -0.2) is 26.7 Å². The smallest absolute Gasteiger partial charge is 0.326 e. The number of sulfonamides is 1. The number of halogens is 5. The normalized spacial score (nSPS) is 11.7. The Bertz CT molecular complexity index is 2300. The van der Waals surface area contributed by atoms with E-state index in [1.165, 1.54) is 48.5 Å². The lowest BCUT2D eigenvalue weighted by Gasteiger charge is -2.14. The van der Waals surface area contributed by atoms with Gasteiger partial charge < -0.3 is 5.32 Å². The zero-order valence-corrected chi connectivity index (χ0v) is 27.9. The highest BCUT2D eigenvalue weighted by Gasteiger charge is 2.35. The molecule has 1 heterocycles. The Kier molecular flexibility index (Phi) is 10.5. The molecule has 0 aliphatic carbocycles. The van der Waals surface area contributed by atoms with Gasteiger partial charge in [-0.3, -0.25) is 14.2 Å². The van der Waals surface area contributed by atoms with Crippen LogP contribution in [-0.2, 0) is 34.0 Å². The SMILES string of the molecule is CCCc1nn(-c2cc(NC(=O)CC)ccc2C(F)(F)F)c(=O)n1Cc1ccc(-c2ccccc2S(=O)(=O)NC(=O)c2ccccc2F)cc1F. The molecule has 0 saturated carbocycles. The van der Waals surface area contributed by atoms with Crippen molar-refractivity contribution in [2.24, 2.45) is 0 Å². The standard InChI is InChI=1S/C35H30F5N5O5S/c1-3-9-31-42-45(29-19-23(41-32(46)4-2)16-17-26(29)35(38,39)40)34(48)44(31)20-22-15-14-21(18-28(22)37)24-10-6-8-13-30(24)51(49,50)43-33(47)25-11-5-7-12-27(25)36/h5-8,10-19H,3-4,9,20H2,1-2H3,(H,41,46)(H,43,47). The number of rotatable bonds is 11. The summed E-state index contributed by atoms with van der Waals surface area (Å²) >= 11 is 0. The van der Waals surface area contributed by atoms with Crippen LogP contribution in [0.2, 0.25) is 0 Å². The van der Waals surface area contributed by atoms with Crippen molar-refractivity contribution < 1.29 is 40.0 Å². The van der Waals surface area contributed by atoms with Crippen LogP contribution >= 0.6 is 0 Å². The number of carbonyl (C=O) groups is 2. The van der Waals surface area contributed by atoms with Gasteiger partial charge in [0.25, 0.3) is 15.9 Å². The summed E-state index contributed by atoms with van der Waals surface area (Å²) in [4.78, 5) is 37.8. The summed E-state index contributed by atoms with van der Waals surface area (Å²) in [6.45, 7) is 2.88. The first-order valence-corrected chi connectivity index (χ1v) is 17.0. The van der Waals surface area contributed by atoms with E-state index in [4.69, 9.17) is 0 Å². The van der Waals surface area contributed by atoms with Crippen molar-refractivity contribution in [3.63, 3.8) is 0 Å². The van der Waals surface area contributed by atoms with Crippen LogP contribution in [0, 0.1) is 11.6 Å². The molecule has 4 aromatic carbocycles. The third-order valence-corrected chi connectivity index (χ3v) is 9.15. The lowest BCUT2D eigenvalue weighted by molar-refractivity contribution is -0.137. The number of hydrogen-bond donors (Lipinski definition) is 2. The minimum Gasteiger partial charge on any atom is -0.326 e. The summed E-state index contributed by atoms with van der Waals surface area (Å²) in [6.07, 6.45) is -4.24. The van der Waals surface area contributed by atoms with E-state index in [1.54, 1.807) is 13.8 Å². The van der Waals surface area contributed by atoms with Crippen LogP contribution in [0.25, 0.3) is 16.8 Å². The van der Waals surface area contributed by atoms with Crippen LogP contribution in [0.4, 0.5) is 27.6 Å². The van der Waals surface area contributed by atoms with Crippen molar-refractivity contribution in [3.8, 4) is 16.8 Å². The predicted molar refractivity (Wildman–Crippen MR) is 178 cm³/mol. The molecule has 0 spiro atoms. The molecule has 0 aliphatic rings. The zero-order valence-electron chi connectivity index (χ0n) is 27.1. The minimum atomic E-state index is -4.89. The van der Waals surface area contributed by atoms with Crippen molar-refractivity contribution in [1.82, 2.24) is 19.1 Å². The lowest BCUT2D eigenvalue weighted by Crippen LogP contribution is -2.31. The van der Waals surface area contributed by atoms with Crippen LogP contribution in [0.3, 0.4) is 0 Å². The lowest BCUT2D eigenvalue weighted by atomic mass is 10.0. The topological polar surface area (TPSA) is 132 Å². The Hall–Kier alpha value is -5.64. The third kappa shape index (κ3) is 7.90. The second kappa shape index (κ2) is 14.7. The Balaban J connectivity index is 1.51. The van der Waals surface area contributed by atoms with Crippen LogP contribution in [-0.4, -0.2) is 34.6 Å². The van der Waals surface area contributed by atoms with Gasteiger partial charge in [0.15, 0.2) is 0 Å². The summed E-state index contributed by atoms with van der Waals surface area (Å²) in [7, 11) is -4.59. The summed E-state index contributed by atoms with van der Waals surface area (Å²) in [6, 6.07) is 16.7. The van der Waals surface area contributed by atoms with Crippen LogP contribution in [0.1, 0.15) is 54.0 Å². The highest BCUT2D eigenvalue weighted by molar-refractivity contribution is 7.90. The average molecular weight is 728 g/mol. The third-order valence-electron chi connectivity index (χ3n) is 7.76. The molecule has 0 bridgehead atoms. The van der Waals surface area contributed by atoms with Crippen molar-refractivity contribution in [3.05, 3.63) is 130 Å². The molecule has 0 unspecified atom stereocenters. The molecule has 0 aliphatic heterocycles. The molecule has 0 radical (unpaired) electrons. The van der Waals surface area contributed by atoms with Crippen molar-refractivity contribution >= 4 is 27.5 Å². The van der Waals surface area contributed by atoms with Crippen molar-refractivity contribution in [1.29, 1.82) is 0 Å². The van der Waals surface area contributed by atoms with Crippen LogP contribution in [0.15, 0.2) is 94.6 Å². The van der Waals surface area contributed by atoms with Gasteiger partial charge in [-0.15, -0.1) is 5.10 Å². The maximum Gasteiger partial charge on any atom is 0.418 e. The number of nitrogens with zero attached hydrogens (tertiary/aromatic N) is 3. The fourth-order valence-corrected chi connectivity index (χ4v) is 6.46. The van der Waals surface area contributed by atoms with Gasteiger partial charge in [-0.1, -0.05) is 56.3 Å². The number of carbonyl (C=O) groups excluding carboxylic acids is 2.